The first-order chi connectivity index (χ1) is 21.4. The van der Waals surface area contributed by atoms with Crippen LogP contribution in [0.4, 0.5) is 0 Å². The number of ether oxygens (including phenoxy) is 1. The second-order valence-electron chi connectivity index (χ2n) is 11.9. The first-order valence-corrected chi connectivity index (χ1v) is 15.8. The third-order valence-electron chi connectivity index (χ3n) is 7.94. The highest BCUT2D eigenvalue weighted by molar-refractivity contribution is 5.96. The van der Waals surface area contributed by atoms with Crippen LogP contribution in [0.5, 0.6) is 5.75 Å². The molecular weight excluding hydrogens is 546 g/mol. The maximum atomic E-state index is 14.1. The Morgan fingerprint density at radius 1 is 0.818 bits per heavy atom. The molecule has 0 atom stereocenters. The minimum Gasteiger partial charge on any atom is -0.497 e. The Morgan fingerprint density at radius 3 is 2.27 bits per heavy atom. The van der Waals surface area contributed by atoms with E-state index in [1.54, 1.807) is 12.0 Å². The smallest absolute Gasteiger partial charge is 0.254 e. The maximum Gasteiger partial charge on any atom is 0.254 e. The van der Waals surface area contributed by atoms with E-state index in [1.165, 1.54) is 5.56 Å². The van der Waals surface area contributed by atoms with Crippen molar-refractivity contribution in [3.63, 3.8) is 0 Å². The van der Waals surface area contributed by atoms with Crippen LogP contribution in [0.3, 0.4) is 0 Å². The zero-order chi connectivity index (χ0) is 31.3. The highest BCUT2D eigenvalue weighted by Gasteiger charge is 2.24. The van der Waals surface area contributed by atoms with Crippen LogP contribution in [-0.4, -0.2) is 46.4 Å². The molecule has 0 N–H and O–H groups in total. The number of methoxy groups -OCH3 is 1. The fourth-order valence-electron chi connectivity index (χ4n) is 5.25. The van der Waals surface area contributed by atoms with E-state index in [2.05, 4.69) is 37.5 Å². The van der Waals surface area contributed by atoms with Crippen LogP contribution in [0.25, 0.3) is 0 Å². The number of nitrogens with zero attached hydrogens (tertiary/aromatic N) is 3. The van der Waals surface area contributed by atoms with Crippen molar-refractivity contribution in [3.05, 3.63) is 125 Å². The Hall–Kier alpha value is -4.32. The molecule has 0 saturated carbocycles. The van der Waals surface area contributed by atoms with Gasteiger partial charge in [-0.15, -0.1) is 0 Å². The van der Waals surface area contributed by atoms with Crippen molar-refractivity contribution in [2.75, 3.05) is 20.2 Å². The Balaban J connectivity index is 1.55. The summed E-state index contributed by atoms with van der Waals surface area (Å²) in [7, 11) is 1.67. The van der Waals surface area contributed by atoms with E-state index in [1.807, 2.05) is 90.0 Å². The minimum absolute atomic E-state index is 0.0343. The van der Waals surface area contributed by atoms with E-state index in [9.17, 15) is 9.59 Å². The first-order valence-electron chi connectivity index (χ1n) is 15.8. The van der Waals surface area contributed by atoms with Gasteiger partial charge < -0.3 is 19.1 Å². The van der Waals surface area contributed by atoms with E-state index in [0.717, 1.165) is 48.3 Å². The largest absolute Gasteiger partial charge is 0.497 e. The van der Waals surface area contributed by atoms with Crippen LogP contribution in [0.1, 0.15) is 72.8 Å². The van der Waals surface area contributed by atoms with Gasteiger partial charge in [0.2, 0.25) is 5.91 Å². The molecule has 1 aromatic heterocycles. The molecule has 2 amide bonds. The summed E-state index contributed by atoms with van der Waals surface area (Å²) in [6, 6.07) is 30.1. The molecule has 0 radical (unpaired) electrons. The molecule has 232 valence electrons. The summed E-state index contributed by atoms with van der Waals surface area (Å²) >= 11 is 0. The Kier molecular flexibility index (Phi) is 12.2. The van der Waals surface area contributed by atoms with Crippen molar-refractivity contribution >= 4 is 11.8 Å². The standard InChI is InChI=1S/C38H47N3O3/c1-5-6-12-31-18-20-34(21-19-31)38(43)40(24-22-30(2)3)29-37(42)41(26-32-13-8-7-9-14-32)28-35-16-11-23-39(35)27-33-15-10-17-36(25-33)44-4/h7-11,13-21,23,25,30H,5-6,12,22,24,26-29H2,1-4H3. The molecule has 3 aromatic carbocycles. The molecule has 6 nitrogen and oxygen atoms in total. The summed E-state index contributed by atoms with van der Waals surface area (Å²) in [5.41, 5.74) is 5.06. The van der Waals surface area contributed by atoms with Crippen molar-refractivity contribution in [2.24, 2.45) is 5.92 Å². The summed E-state index contributed by atoms with van der Waals surface area (Å²) < 4.78 is 7.58. The summed E-state index contributed by atoms with van der Waals surface area (Å²) in [5.74, 6) is 1.07. The normalized spacial score (nSPS) is 11.0. The lowest BCUT2D eigenvalue weighted by Crippen LogP contribution is -2.43. The molecule has 6 heteroatoms. The molecule has 44 heavy (non-hydrogen) atoms. The van der Waals surface area contributed by atoms with Gasteiger partial charge in [0, 0.05) is 37.1 Å². The molecular formula is C38H47N3O3. The van der Waals surface area contributed by atoms with E-state index in [4.69, 9.17) is 4.74 Å². The number of aryl methyl sites for hydroxylation is 1. The number of carbonyl (C=O) groups excluding carboxylic acids is 2. The fourth-order valence-corrected chi connectivity index (χ4v) is 5.25. The lowest BCUT2D eigenvalue weighted by molar-refractivity contribution is -0.133. The number of benzene rings is 3. The predicted octanol–water partition coefficient (Wildman–Crippen LogP) is 7.60. The van der Waals surface area contributed by atoms with Gasteiger partial charge in [0.1, 0.15) is 12.3 Å². The van der Waals surface area contributed by atoms with Gasteiger partial charge in [0.15, 0.2) is 0 Å². The van der Waals surface area contributed by atoms with Crippen LogP contribution in [0.15, 0.2) is 97.2 Å². The number of rotatable bonds is 16. The first kappa shape index (κ1) is 32.6. The lowest BCUT2D eigenvalue weighted by Gasteiger charge is -2.29. The summed E-state index contributed by atoms with van der Waals surface area (Å²) in [6.45, 7) is 8.60. The Labute approximate surface area is 263 Å². The van der Waals surface area contributed by atoms with Gasteiger partial charge in [0.25, 0.3) is 5.91 Å². The second-order valence-corrected chi connectivity index (χ2v) is 11.9. The zero-order valence-electron chi connectivity index (χ0n) is 26.7. The van der Waals surface area contributed by atoms with Gasteiger partial charge in [-0.05, 0) is 78.3 Å². The van der Waals surface area contributed by atoms with Crippen LogP contribution >= 0.6 is 0 Å². The fraction of sp³-hybridized carbons (Fsp3) is 0.368. The van der Waals surface area contributed by atoms with Crippen LogP contribution in [-0.2, 0) is 30.8 Å². The number of hydrogen-bond acceptors (Lipinski definition) is 3. The molecule has 1 heterocycles. The average Bonchev–Trinajstić information content (AvgIpc) is 3.48. The van der Waals surface area contributed by atoms with Crippen molar-refractivity contribution < 1.29 is 14.3 Å². The van der Waals surface area contributed by atoms with Gasteiger partial charge in [-0.1, -0.05) is 81.8 Å². The van der Waals surface area contributed by atoms with Crippen molar-refractivity contribution in [1.29, 1.82) is 0 Å². The highest BCUT2D eigenvalue weighted by atomic mass is 16.5. The van der Waals surface area contributed by atoms with Gasteiger partial charge in [-0.2, -0.15) is 0 Å². The van der Waals surface area contributed by atoms with E-state index in [0.29, 0.717) is 37.7 Å². The third-order valence-corrected chi connectivity index (χ3v) is 7.94. The van der Waals surface area contributed by atoms with Gasteiger partial charge in [-0.3, -0.25) is 9.59 Å². The monoisotopic (exact) mass is 593 g/mol. The zero-order valence-corrected chi connectivity index (χ0v) is 26.7. The van der Waals surface area contributed by atoms with Crippen LogP contribution in [0.2, 0.25) is 0 Å². The molecule has 4 aromatic rings. The van der Waals surface area contributed by atoms with Crippen molar-refractivity contribution in [3.8, 4) is 5.75 Å². The van der Waals surface area contributed by atoms with Crippen LogP contribution in [0, 0.1) is 5.92 Å². The summed E-state index contributed by atoms with van der Waals surface area (Å²) in [6.07, 6.45) is 6.15. The summed E-state index contributed by atoms with van der Waals surface area (Å²) in [4.78, 5) is 31.5. The lowest BCUT2D eigenvalue weighted by atomic mass is 10.1. The molecule has 0 saturated heterocycles. The number of hydrogen-bond donors (Lipinski definition) is 0. The average molecular weight is 594 g/mol. The number of unbranched alkanes of at least 4 members (excludes halogenated alkanes) is 1. The van der Waals surface area contributed by atoms with Crippen molar-refractivity contribution in [1.82, 2.24) is 14.4 Å². The molecule has 0 aliphatic carbocycles. The number of aromatic nitrogens is 1. The van der Waals surface area contributed by atoms with E-state index < -0.39 is 0 Å². The highest BCUT2D eigenvalue weighted by Crippen LogP contribution is 2.18. The van der Waals surface area contributed by atoms with E-state index in [-0.39, 0.29) is 18.4 Å². The Bertz CT molecular complexity index is 1460. The summed E-state index contributed by atoms with van der Waals surface area (Å²) in [5, 5.41) is 0. The molecule has 0 bridgehead atoms. The molecule has 0 fully saturated rings. The molecule has 0 unspecified atom stereocenters. The van der Waals surface area contributed by atoms with Gasteiger partial charge in [-0.25, -0.2) is 0 Å². The van der Waals surface area contributed by atoms with Gasteiger partial charge >= 0.3 is 0 Å². The molecule has 0 aliphatic rings. The molecule has 0 aliphatic heterocycles. The molecule has 4 rings (SSSR count). The predicted molar refractivity (Wildman–Crippen MR) is 178 cm³/mol. The second kappa shape index (κ2) is 16.5. The van der Waals surface area contributed by atoms with Crippen LogP contribution < -0.4 is 4.74 Å². The SMILES string of the molecule is CCCCc1ccc(C(=O)N(CCC(C)C)CC(=O)N(Cc2ccccc2)Cc2cccn2Cc2cccc(OC)c2)cc1. The minimum atomic E-state index is -0.0953. The van der Waals surface area contributed by atoms with Gasteiger partial charge in [0.05, 0.1) is 13.7 Å². The molecule has 0 spiro atoms. The number of carbonyl (C=O) groups is 2. The third kappa shape index (κ3) is 9.60. The topological polar surface area (TPSA) is 54.8 Å². The Morgan fingerprint density at radius 2 is 1.57 bits per heavy atom. The maximum absolute atomic E-state index is 14.1. The quantitative estimate of drug-likeness (QED) is 0.134. The number of amides is 2. The van der Waals surface area contributed by atoms with Crippen molar-refractivity contribution in [2.45, 2.75) is 66.1 Å². The van der Waals surface area contributed by atoms with E-state index >= 15 is 0 Å².